The van der Waals surface area contributed by atoms with Gasteiger partial charge >= 0.3 is 0 Å². The van der Waals surface area contributed by atoms with Crippen molar-refractivity contribution in [3.8, 4) is 5.75 Å². The Morgan fingerprint density at radius 3 is 2.88 bits per heavy atom. The summed E-state index contributed by atoms with van der Waals surface area (Å²) in [5.41, 5.74) is 5.18. The Bertz CT molecular complexity index is 1220. The Hall–Kier alpha value is -3.20. The minimum Gasteiger partial charge on any atom is -0.495 e. The number of anilines is 2. The number of likely N-dealkylation sites (N-methyl/N-ethyl adjacent to an activating group) is 1. The molecule has 0 radical (unpaired) electrons. The fourth-order valence-corrected chi connectivity index (χ4v) is 5.32. The molecule has 0 spiro atoms. The lowest BCUT2D eigenvalue weighted by molar-refractivity contribution is -0.125. The molecule has 180 valence electrons. The standard InChI is InChI=1S/C25H33N7O2/c1-15-20-13-27-25(28-21-11-18-14-31(3)9-8-16(18)12-22(21)34-4)29-23(20)32(30-15)19-7-5-6-17(10-19)24(33)26-2/h11-13,17,19H,5-10,14H2,1-4H3,(H,26,33)(H,27,28,29)/t17-,19-/m1/s1. The molecule has 34 heavy (non-hydrogen) atoms. The molecule has 2 aliphatic rings. The van der Waals surface area contributed by atoms with Crippen molar-refractivity contribution in [1.29, 1.82) is 0 Å². The molecule has 1 amide bonds. The Morgan fingerprint density at radius 2 is 2.09 bits per heavy atom. The van der Waals surface area contributed by atoms with E-state index in [9.17, 15) is 4.79 Å². The summed E-state index contributed by atoms with van der Waals surface area (Å²) in [5, 5.41) is 11.9. The maximum atomic E-state index is 12.3. The zero-order valence-electron chi connectivity index (χ0n) is 20.4. The molecule has 1 aliphatic carbocycles. The molecule has 9 heteroatoms. The number of carbonyl (C=O) groups is 1. The largest absolute Gasteiger partial charge is 0.495 e. The van der Waals surface area contributed by atoms with Crippen LogP contribution in [0.15, 0.2) is 18.3 Å². The van der Waals surface area contributed by atoms with E-state index in [1.807, 2.05) is 17.8 Å². The third kappa shape index (κ3) is 4.20. The average Bonchev–Trinajstić information content (AvgIpc) is 3.18. The van der Waals surface area contributed by atoms with Gasteiger partial charge in [-0.05, 0) is 62.9 Å². The highest BCUT2D eigenvalue weighted by Gasteiger charge is 2.30. The summed E-state index contributed by atoms with van der Waals surface area (Å²) < 4.78 is 7.68. The number of methoxy groups -OCH3 is 1. The summed E-state index contributed by atoms with van der Waals surface area (Å²) in [5.74, 6) is 1.42. The van der Waals surface area contributed by atoms with Crippen molar-refractivity contribution in [3.63, 3.8) is 0 Å². The number of ether oxygens (including phenoxy) is 1. The zero-order chi connectivity index (χ0) is 23.8. The normalized spacial score (nSPS) is 20.7. The quantitative estimate of drug-likeness (QED) is 0.599. The highest BCUT2D eigenvalue weighted by atomic mass is 16.5. The van der Waals surface area contributed by atoms with Crippen molar-refractivity contribution < 1.29 is 9.53 Å². The minimum absolute atomic E-state index is 0.0145. The molecule has 1 fully saturated rings. The van der Waals surface area contributed by atoms with Gasteiger partial charge in [-0.1, -0.05) is 6.42 Å². The number of rotatable bonds is 5. The number of aromatic nitrogens is 4. The fourth-order valence-electron chi connectivity index (χ4n) is 5.32. The van der Waals surface area contributed by atoms with Crippen molar-refractivity contribution >= 4 is 28.6 Å². The molecule has 1 aromatic carbocycles. The molecule has 9 nitrogen and oxygen atoms in total. The van der Waals surface area contributed by atoms with E-state index in [0.29, 0.717) is 5.95 Å². The first kappa shape index (κ1) is 22.6. The van der Waals surface area contributed by atoms with Crippen LogP contribution in [0.2, 0.25) is 0 Å². The highest BCUT2D eigenvalue weighted by molar-refractivity contribution is 5.80. The van der Waals surface area contributed by atoms with E-state index in [0.717, 1.165) is 73.4 Å². The number of hydrogen-bond acceptors (Lipinski definition) is 7. The van der Waals surface area contributed by atoms with Crippen molar-refractivity contribution in [1.82, 2.24) is 30.0 Å². The van der Waals surface area contributed by atoms with E-state index >= 15 is 0 Å². The summed E-state index contributed by atoms with van der Waals surface area (Å²) in [7, 11) is 5.54. The van der Waals surface area contributed by atoms with E-state index in [1.54, 1.807) is 14.2 Å². The molecule has 1 aliphatic heterocycles. The van der Waals surface area contributed by atoms with Crippen LogP contribution in [0.4, 0.5) is 11.6 Å². The lowest BCUT2D eigenvalue weighted by Gasteiger charge is -2.28. The predicted molar refractivity (Wildman–Crippen MR) is 131 cm³/mol. The third-order valence-corrected chi connectivity index (χ3v) is 7.21. The van der Waals surface area contributed by atoms with Crippen LogP contribution in [-0.2, 0) is 17.8 Å². The van der Waals surface area contributed by atoms with Crippen LogP contribution in [0, 0.1) is 12.8 Å². The molecule has 5 rings (SSSR count). The second kappa shape index (κ2) is 9.21. The van der Waals surface area contributed by atoms with Gasteiger partial charge in [0.15, 0.2) is 5.65 Å². The molecule has 0 saturated heterocycles. The number of fused-ring (bicyclic) bond motifs is 2. The van der Waals surface area contributed by atoms with Crippen LogP contribution in [0.1, 0.15) is 48.5 Å². The summed E-state index contributed by atoms with van der Waals surface area (Å²) in [4.78, 5) is 24.0. The number of aryl methyl sites for hydroxylation is 1. The van der Waals surface area contributed by atoms with E-state index < -0.39 is 0 Å². The lowest BCUT2D eigenvalue weighted by Crippen LogP contribution is -2.32. The molecule has 2 N–H and O–H groups in total. The monoisotopic (exact) mass is 463 g/mol. The van der Waals surface area contributed by atoms with Crippen molar-refractivity contribution in [2.45, 2.75) is 51.6 Å². The topological polar surface area (TPSA) is 97.2 Å². The highest BCUT2D eigenvalue weighted by Crippen LogP contribution is 2.36. The van der Waals surface area contributed by atoms with E-state index in [-0.39, 0.29) is 17.9 Å². The van der Waals surface area contributed by atoms with Gasteiger partial charge in [0, 0.05) is 32.3 Å². The van der Waals surface area contributed by atoms with E-state index in [4.69, 9.17) is 14.8 Å². The van der Waals surface area contributed by atoms with Gasteiger partial charge in [0.2, 0.25) is 11.9 Å². The lowest BCUT2D eigenvalue weighted by atomic mass is 9.85. The van der Waals surface area contributed by atoms with Crippen LogP contribution < -0.4 is 15.4 Å². The number of benzene rings is 1. The van der Waals surface area contributed by atoms with Gasteiger partial charge in [-0.2, -0.15) is 10.1 Å². The Labute approximate surface area is 199 Å². The summed E-state index contributed by atoms with van der Waals surface area (Å²) in [6.45, 7) is 3.94. The summed E-state index contributed by atoms with van der Waals surface area (Å²) in [6.07, 6.45) is 6.53. The molecule has 2 aromatic heterocycles. The van der Waals surface area contributed by atoms with Gasteiger partial charge in [-0.25, -0.2) is 9.67 Å². The van der Waals surface area contributed by atoms with Crippen molar-refractivity contribution in [2.24, 2.45) is 5.92 Å². The molecular weight excluding hydrogens is 430 g/mol. The van der Waals surface area contributed by atoms with Gasteiger partial charge < -0.3 is 20.3 Å². The zero-order valence-corrected chi connectivity index (χ0v) is 20.4. The first-order valence-electron chi connectivity index (χ1n) is 12.1. The molecule has 3 heterocycles. The second-order valence-corrected chi connectivity index (χ2v) is 9.53. The first-order valence-corrected chi connectivity index (χ1v) is 12.1. The van der Waals surface area contributed by atoms with Crippen molar-refractivity contribution in [2.75, 3.05) is 33.1 Å². The van der Waals surface area contributed by atoms with Crippen LogP contribution in [0.25, 0.3) is 11.0 Å². The molecule has 3 aromatic rings. The van der Waals surface area contributed by atoms with E-state index in [1.165, 1.54) is 11.1 Å². The molecule has 0 unspecified atom stereocenters. The number of carbonyl (C=O) groups excluding carboxylic acids is 1. The number of nitrogens with one attached hydrogen (secondary N) is 2. The van der Waals surface area contributed by atoms with Crippen molar-refractivity contribution in [3.05, 3.63) is 35.2 Å². The van der Waals surface area contributed by atoms with Gasteiger partial charge in [0.05, 0.1) is 29.9 Å². The van der Waals surface area contributed by atoms with E-state index in [2.05, 4.69) is 39.7 Å². The molecule has 1 saturated carbocycles. The maximum absolute atomic E-state index is 12.3. The second-order valence-electron chi connectivity index (χ2n) is 9.53. The number of amides is 1. The molecule has 0 bridgehead atoms. The number of hydrogen-bond donors (Lipinski definition) is 2. The van der Waals surface area contributed by atoms with Gasteiger partial charge in [-0.3, -0.25) is 4.79 Å². The van der Waals surface area contributed by atoms with Crippen LogP contribution in [-0.4, -0.2) is 58.3 Å². The SMILES string of the molecule is CNC(=O)[C@@H]1CCC[C@@H](n2nc(C)c3cnc(Nc4cc5c(cc4OC)CCN(C)C5)nc32)C1. The molecule has 2 atom stereocenters. The fraction of sp³-hybridized carbons (Fsp3) is 0.520. The van der Waals surface area contributed by atoms with Crippen LogP contribution in [0.3, 0.4) is 0 Å². The third-order valence-electron chi connectivity index (χ3n) is 7.21. The van der Waals surface area contributed by atoms with Gasteiger partial charge in [0.25, 0.3) is 0 Å². The Kier molecular flexibility index (Phi) is 6.12. The van der Waals surface area contributed by atoms with Crippen LogP contribution in [0.5, 0.6) is 5.75 Å². The van der Waals surface area contributed by atoms with Gasteiger partial charge in [0.1, 0.15) is 5.75 Å². The molecular formula is C25H33N7O2. The first-order chi connectivity index (χ1) is 16.5. The Balaban J connectivity index is 1.47. The number of nitrogens with zero attached hydrogens (tertiary/aromatic N) is 5. The minimum atomic E-state index is 0.0145. The smallest absolute Gasteiger partial charge is 0.229 e. The summed E-state index contributed by atoms with van der Waals surface area (Å²) >= 11 is 0. The average molecular weight is 464 g/mol. The Morgan fingerprint density at radius 1 is 1.24 bits per heavy atom. The summed E-state index contributed by atoms with van der Waals surface area (Å²) in [6, 6.07) is 4.41. The predicted octanol–water partition coefficient (Wildman–Crippen LogP) is 3.35. The maximum Gasteiger partial charge on any atom is 0.229 e. The van der Waals surface area contributed by atoms with Gasteiger partial charge in [-0.15, -0.1) is 0 Å². The van der Waals surface area contributed by atoms with Crippen LogP contribution >= 0.6 is 0 Å².